The summed E-state index contributed by atoms with van der Waals surface area (Å²) in [6, 6.07) is 8.87. The lowest BCUT2D eigenvalue weighted by atomic mass is 9.86. The van der Waals surface area contributed by atoms with Gasteiger partial charge in [-0.3, -0.25) is 4.99 Å². The van der Waals surface area contributed by atoms with Crippen molar-refractivity contribution in [3.05, 3.63) is 47.1 Å². The predicted molar refractivity (Wildman–Crippen MR) is 106 cm³/mol. The average molecular weight is 358 g/mol. The smallest absolute Gasteiger partial charge is 0.228 e. The molecule has 0 aliphatic carbocycles. The van der Waals surface area contributed by atoms with Gasteiger partial charge in [-0.15, -0.1) is 0 Å². The molecule has 1 aromatic heterocycles. The molecule has 2 rings (SSSR count). The van der Waals surface area contributed by atoms with Gasteiger partial charge in [0.25, 0.3) is 0 Å². The first-order chi connectivity index (χ1) is 12.4. The van der Waals surface area contributed by atoms with Crippen LogP contribution in [0, 0.1) is 6.92 Å². The van der Waals surface area contributed by atoms with Crippen molar-refractivity contribution in [2.75, 3.05) is 19.6 Å². The monoisotopic (exact) mass is 357 g/mol. The van der Waals surface area contributed by atoms with E-state index in [2.05, 4.69) is 77.7 Å². The number of hydrogen-bond acceptors (Lipinski definition) is 4. The number of benzene rings is 1. The third-order valence-electron chi connectivity index (χ3n) is 4.04. The van der Waals surface area contributed by atoms with Gasteiger partial charge in [0, 0.05) is 19.5 Å². The fourth-order valence-electron chi connectivity index (χ4n) is 2.54. The van der Waals surface area contributed by atoms with Crippen LogP contribution in [0.15, 0.2) is 33.8 Å². The van der Waals surface area contributed by atoms with E-state index in [0.717, 1.165) is 25.5 Å². The Morgan fingerprint density at radius 2 is 1.85 bits per heavy atom. The van der Waals surface area contributed by atoms with E-state index in [1.807, 2.05) is 6.92 Å². The molecule has 6 nitrogen and oxygen atoms in total. The number of aromatic nitrogens is 2. The Bertz CT molecular complexity index is 698. The van der Waals surface area contributed by atoms with Crippen molar-refractivity contribution in [3.8, 4) is 0 Å². The van der Waals surface area contributed by atoms with Crippen molar-refractivity contribution in [1.82, 2.24) is 20.8 Å². The lowest BCUT2D eigenvalue weighted by Crippen LogP contribution is -2.38. The molecule has 0 atom stereocenters. The Morgan fingerprint density at radius 1 is 1.12 bits per heavy atom. The molecule has 0 bridgehead atoms. The zero-order chi connectivity index (χ0) is 19.0. The van der Waals surface area contributed by atoms with E-state index in [4.69, 9.17) is 4.52 Å². The second-order valence-corrected chi connectivity index (χ2v) is 7.37. The fourth-order valence-corrected chi connectivity index (χ4v) is 2.54. The van der Waals surface area contributed by atoms with Crippen LogP contribution in [0.25, 0.3) is 0 Å². The maximum atomic E-state index is 5.11. The molecule has 0 amide bonds. The lowest BCUT2D eigenvalue weighted by Gasteiger charge is -2.19. The van der Waals surface area contributed by atoms with Gasteiger partial charge in [0.05, 0.1) is 6.54 Å². The topological polar surface area (TPSA) is 75.3 Å². The number of guanidine groups is 1. The average Bonchev–Trinajstić information content (AvgIpc) is 3.00. The van der Waals surface area contributed by atoms with Crippen molar-refractivity contribution >= 4 is 5.96 Å². The van der Waals surface area contributed by atoms with Crippen molar-refractivity contribution in [3.63, 3.8) is 0 Å². The molecule has 142 valence electrons. The first-order valence-electron chi connectivity index (χ1n) is 9.29. The molecule has 26 heavy (non-hydrogen) atoms. The van der Waals surface area contributed by atoms with E-state index in [1.54, 1.807) is 0 Å². The molecule has 2 N–H and O–H groups in total. The summed E-state index contributed by atoms with van der Waals surface area (Å²) in [5.41, 5.74) is 2.88. The minimum Gasteiger partial charge on any atom is -0.357 e. The number of aryl methyl sites for hydroxylation is 1. The van der Waals surface area contributed by atoms with Gasteiger partial charge in [-0.1, -0.05) is 50.2 Å². The van der Waals surface area contributed by atoms with Crippen LogP contribution >= 0.6 is 0 Å². The van der Waals surface area contributed by atoms with Crippen molar-refractivity contribution < 1.29 is 4.52 Å². The maximum Gasteiger partial charge on any atom is 0.228 e. The second kappa shape index (κ2) is 9.36. The highest BCUT2D eigenvalue weighted by atomic mass is 16.5. The van der Waals surface area contributed by atoms with E-state index < -0.39 is 0 Å². The molecule has 1 heterocycles. The highest BCUT2D eigenvalue weighted by Gasteiger charge is 2.12. The van der Waals surface area contributed by atoms with E-state index in [9.17, 15) is 0 Å². The summed E-state index contributed by atoms with van der Waals surface area (Å²) in [5, 5.41) is 10.4. The van der Waals surface area contributed by atoms with E-state index in [0.29, 0.717) is 24.7 Å². The molecule has 2 aromatic rings. The van der Waals surface area contributed by atoms with Gasteiger partial charge in [0.2, 0.25) is 5.89 Å². The summed E-state index contributed by atoms with van der Waals surface area (Å²) in [5.74, 6) is 2.10. The molecule has 0 radical (unpaired) electrons. The lowest BCUT2D eigenvalue weighted by molar-refractivity contribution is 0.376. The third-order valence-corrected chi connectivity index (χ3v) is 4.04. The first kappa shape index (κ1) is 19.9. The molecule has 0 spiro atoms. The molecule has 0 aliphatic heterocycles. The SMILES string of the molecule is CCNC(=NCCc1nc(C)no1)NCCc1ccc(C(C)(C)C)cc1. The third kappa shape index (κ3) is 6.50. The van der Waals surface area contributed by atoms with Crippen LogP contribution in [0.3, 0.4) is 0 Å². The normalized spacial score (nSPS) is 12.3. The summed E-state index contributed by atoms with van der Waals surface area (Å²) < 4.78 is 5.11. The minimum atomic E-state index is 0.193. The summed E-state index contributed by atoms with van der Waals surface area (Å²) in [7, 11) is 0. The Balaban J connectivity index is 1.81. The van der Waals surface area contributed by atoms with Crippen LogP contribution in [-0.2, 0) is 18.3 Å². The number of nitrogens with one attached hydrogen (secondary N) is 2. The molecule has 6 heteroatoms. The van der Waals surface area contributed by atoms with Crippen LogP contribution in [0.5, 0.6) is 0 Å². The second-order valence-electron chi connectivity index (χ2n) is 7.37. The number of aliphatic imine (C=N–C) groups is 1. The number of nitrogens with zero attached hydrogens (tertiary/aromatic N) is 3. The van der Waals surface area contributed by atoms with Crippen LogP contribution < -0.4 is 10.6 Å². The summed E-state index contributed by atoms with van der Waals surface area (Å²) in [6.07, 6.45) is 1.60. The Labute approximate surface area is 156 Å². The maximum absolute atomic E-state index is 5.11. The highest BCUT2D eigenvalue weighted by molar-refractivity contribution is 5.79. The molecular weight excluding hydrogens is 326 g/mol. The molecular formula is C20H31N5O. The van der Waals surface area contributed by atoms with Crippen LogP contribution in [0.1, 0.15) is 50.5 Å². The summed E-state index contributed by atoms with van der Waals surface area (Å²) in [6.45, 7) is 12.8. The van der Waals surface area contributed by atoms with Crippen molar-refractivity contribution in [2.45, 2.75) is 52.9 Å². The molecule has 0 fully saturated rings. The van der Waals surface area contributed by atoms with E-state index >= 15 is 0 Å². The molecule has 1 aromatic carbocycles. The van der Waals surface area contributed by atoms with Crippen LogP contribution in [-0.4, -0.2) is 35.7 Å². The van der Waals surface area contributed by atoms with Crippen molar-refractivity contribution in [1.29, 1.82) is 0 Å². The van der Waals surface area contributed by atoms with Gasteiger partial charge >= 0.3 is 0 Å². The van der Waals surface area contributed by atoms with Crippen LogP contribution in [0.4, 0.5) is 0 Å². The molecule has 0 unspecified atom stereocenters. The fraction of sp³-hybridized carbons (Fsp3) is 0.550. The van der Waals surface area contributed by atoms with E-state index in [1.165, 1.54) is 11.1 Å². The Morgan fingerprint density at radius 3 is 2.42 bits per heavy atom. The Kier molecular flexibility index (Phi) is 7.18. The highest BCUT2D eigenvalue weighted by Crippen LogP contribution is 2.22. The zero-order valence-corrected chi connectivity index (χ0v) is 16.6. The zero-order valence-electron chi connectivity index (χ0n) is 16.6. The van der Waals surface area contributed by atoms with E-state index in [-0.39, 0.29) is 5.41 Å². The minimum absolute atomic E-state index is 0.193. The molecule has 0 saturated carbocycles. The van der Waals surface area contributed by atoms with Gasteiger partial charge in [-0.05, 0) is 36.8 Å². The Hall–Kier alpha value is -2.37. The number of hydrogen-bond donors (Lipinski definition) is 2. The van der Waals surface area contributed by atoms with Gasteiger partial charge in [-0.25, -0.2) is 0 Å². The standard InChI is InChI=1S/C20H31N5O/c1-6-21-19(23-14-12-18-24-15(2)25-26-18)22-13-11-16-7-9-17(10-8-16)20(3,4)5/h7-10H,6,11-14H2,1-5H3,(H2,21,22,23). The van der Waals surface area contributed by atoms with Gasteiger partial charge < -0.3 is 15.2 Å². The first-order valence-corrected chi connectivity index (χ1v) is 9.29. The quantitative estimate of drug-likeness (QED) is 0.588. The molecule has 0 saturated heterocycles. The molecule has 0 aliphatic rings. The largest absolute Gasteiger partial charge is 0.357 e. The van der Waals surface area contributed by atoms with Crippen molar-refractivity contribution in [2.24, 2.45) is 4.99 Å². The van der Waals surface area contributed by atoms with Gasteiger partial charge in [-0.2, -0.15) is 4.98 Å². The summed E-state index contributed by atoms with van der Waals surface area (Å²) >= 11 is 0. The summed E-state index contributed by atoms with van der Waals surface area (Å²) in [4.78, 5) is 8.75. The van der Waals surface area contributed by atoms with Crippen LogP contribution in [0.2, 0.25) is 0 Å². The number of rotatable bonds is 7. The van der Waals surface area contributed by atoms with Gasteiger partial charge in [0.15, 0.2) is 11.8 Å². The van der Waals surface area contributed by atoms with Gasteiger partial charge in [0.1, 0.15) is 0 Å². The predicted octanol–water partition coefficient (Wildman–Crippen LogP) is 3.02.